The fourth-order valence-corrected chi connectivity index (χ4v) is 0. The van der Waals surface area contributed by atoms with E-state index in [0.29, 0.717) is 0 Å². The van der Waals surface area contributed by atoms with Crippen LogP contribution in [0.25, 0.3) is 0 Å². The molecule has 0 fully saturated rings. The van der Waals surface area contributed by atoms with Crippen LogP contribution in [0.3, 0.4) is 0 Å². The summed E-state index contributed by atoms with van der Waals surface area (Å²) in [7, 11) is -4.17. The molecule has 0 saturated heterocycles. The third kappa shape index (κ3) is 291. The van der Waals surface area contributed by atoms with Gasteiger partial charge in [-0.25, -0.2) is 14.7 Å². The highest BCUT2D eigenvalue weighted by Crippen LogP contribution is 1.50. The van der Waals surface area contributed by atoms with Crippen molar-refractivity contribution in [1.29, 1.82) is 0 Å². The van der Waals surface area contributed by atoms with Crippen molar-refractivity contribution in [3.63, 3.8) is 0 Å². The third-order valence-corrected chi connectivity index (χ3v) is 0. The normalized spacial score (nSPS) is 8.15. The average Bonchev–Trinajstić information content (AvgIpc) is 1.50. The van der Waals surface area contributed by atoms with Crippen LogP contribution in [0, 0.1) is 0 Å². The molecule has 0 saturated carbocycles. The van der Waals surface area contributed by atoms with Crippen LogP contribution in [0.4, 0.5) is 9.59 Å². The minimum Gasteiger partial charge on any atom is -0.465 e. The molecule has 0 radical (unpaired) electrons. The smallest absolute Gasteiger partial charge is 0.402 e. The Balaban J connectivity index is -0.000000117. The van der Waals surface area contributed by atoms with Crippen LogP contribution >= 0.6 is 0 Å². The Morgan fingerprint density at radius 1 is 1.00 bits per heavy atom. The molecule has 0 bridgehead atoms. The van der Waals surface area contributed by atoms with Crippen molar-refractivity contribution < 1.29 is 32.8 Å². The van der Waals surface area contributed by atoms with Crippen LogP contribution in [-0.4, -0.2) is 35.4 Å². The topological polar surface area (TPSA) is 207 Å². The Bertz CT molecular complexity index is 216. The number of hydrogen-bond acceptors (Lipinski definition) is 4. The lowest BCUT2D eigenvalue weighted by Gasteiger charge is -1.70. The first-order valence-corrected chi connectivity index (χ1v) is 3.69. The summed E-state index contributed by atoms with van der Waals surface area (Å²) in [4.78, 5) is 17.6. The Hall–Kier alpha value is -1.59. The minimum atomic E-state index is -4.17. The Labute approximate surface area is 72.8 Å². The molecule has 0 aliphatic carbocycles. The van der Waals surface area contributed by atoms with Gasteiger partial charge in [-0.1, -0.05) is 0 Å². The van der Waals surface area contributed by atoms with Gasteiger partial charge in [-0.2, -0.15) is 8.42 Å². The monoisotopic (exact) mass is 219 g/mol. The summed E-state index contributed by atoms with van der Waals surface area (Å²) < 4.78 is 25.2. The lowest BCUT2D eigenvalue weighted by atomic mass is 11.3. The van der Waals surface area contributed by atoms with Crippen LogP contribution in [0.15, 0.2) is 0 Å². The van der Waals surface area contributed by atoms with Crippen LogP contribution in [0.1, 0.15) is 0 Å². The van der Waals surface area contributed by atoms with E-state index >= 15 is 0 Å². The van der Waals surface area contributed by atoms with Gasteiger partial charge in [-0.05, 0) is 0 Å². The van der Waals surface area contributed by atoms with Gasteiger partial charge in [0.15, 0.2) is 0 Å². The van der Waals surface area contributed by atoms with Gasteiger partial charge >= 0.3 is 22.5 Å². The number of rotatable bonds is 0. The molecule has 0 unspecified atom stereocenters. The Kier molecular flexibility index (Phi) is 11.4. The largest absolute Gasteiger partial charge is 0.465 e. The Morgan fingerprint density at radius 3 is 1.00 bits per heavy atom. The fourth-order valence-electron chi connectivity index (χ4n) is 0. The van der Waals surface area contributed by atoms with Crippen molar-refractivity contribution in [2.45, 2.75) is 0 Å². The first-order chi connectivity index (χ1) is 5.46. The van der Waals surface area contributed by atoms with Gasteiger partial charge < -0.3 is 21.7 Å². The van der Waals surface area contributed by atoms with E-state index in [4.69, 9.17) is 32.8 Å². The minimum absolute atomic E-state index is 1.33. The summed E-state index contributed by atoms with van der Waals surface area (Å²) in [6.45, 7) is 0. The number of nitrogens with two attached hydrogens (primary N) is 3. The van der Waals surface area contributed by atoms with E-state index in [1.54, 1.807) is 0 Å². The van der Waals surface area contributed by atoms with E-state index in [1.165, 1.54) is 0 Å². The lowest BCUT2D eigenvalue weighted by molar-refractivity contribution is 0.204. The molecule has 13 heavy (non-hydrogen) atoms. The molecular formula is C2H9N3O7S. The molecule has 0 heterocycles. The van der Waals surface area contributed by atoms with Crippen molar-refractivity contribution >= 4 is 22.5 Å². The van der Waals surface area contributed by atoms with E-state index in [9.17, 15) is 0 Å². The molecule has 0 atom stereocenters. The maximum Gasteiger partial charge on any atom is 0.402 e. The molecule has 0 rings (SSSR count). The lowest BCUT2D eigenvalue weighted by Crippen LogP contribution is -2.08. The number of hydrogen-bond donors (Lipinski definition) is 6. The highest BCUT2D eigenvalue weighted by Gasteiger charge is 1.81. The zero-order chi connectivity index (χ0) is 11.7. The van der Waals surface area contributed by atoms with E-state index in [0.717, 1.165) is 0 Å². The molecule has 80 valence electrons. The van der Waals surface area contributed by atoms with E-state index in [-0.39, 0.29) is 0 Å². The van der Waals surface area contributed by atoms with Crippen LogP contribution in [0.2, 0.25) is 0 Å². The second kappa shape index (κ2) is 8.51. The number of carbonyl (C=O) groups is 2. The first-order valence-electron chi connectivity index (χ1n) is 2.18. The Morgan fingerprint density at radius 2 is 1.00 bits per heavy atom. The summed E-state index contributed by atoms with van der Waals surface area (Å²) in [6.07, 6.45) is -2.67. The summed E-state index contributed by atoms with van der Waals surface area (Å²) in [5, 5.41) is 18.3. The molecule has 0 aliphatic heterocycles. The zero-order valence-electron chi connectivity index (χ0n) is 6.11. The quantitative estimate of drug-likeness (QED) is 0.252. The molecule has 10 nitrogen and oxygen atoms in total. The van der Waals surface area contributed by atoms with Crippen molar-refractivity contribution in [3.05, 3.63) is 0 Å². The van der Waals surface area contributed by atoms with E-state index in [1.807, 2.05) is 0 Å². The van der Waals surface area contributed by atoms with Crippen molar-refractivity contribution in [3.8, 4) is 0 Å². The molecular weight excluding hydrogens is 210 g/mol. The second-order valence-electron chi connectivity index (χ2n) is 1.19. The van der Waals surface area contributed by atoms with E-state index < -0.39 is 22.5 Å². The third-order valence-electron chi connectivity index (χ3n) is 0. The molecule has 0 spiro atoms. The van der Waals surface area contributed by atoms with Gasteiger partial charge in [0, 0.05) is 0 Å². The maximum atomic E-state index is 8.97. The summed E-state index contributed by atoms with van der Waals surface area (Å²) in [5.41, 5.74) is 8.06. The molecule has 9 N–H and O–H groups in total. The van der Waals surface area contributed by atoms with Gasteiger partial charge in [0.25, 0.3) is 0 Å². The van der Waals surface area contributed by atoms with E-state index in [2.05, 4.69) is 16.6 Å². The predicted molar refractivity (Wildman–Crippen MR) is 40.2 cm³/mol. The van der Waals surface area contributed by atoms with Gasteiger partial charge in [0.05, 0.1) is 0 Å². The number of primary amides is 2. The highest BCUT2D eigenvalue weighted by molar-refractivity contribution is 7.83. The zero-order valence-corrected chi connectivity index (χ0v) is 6.93. The molecule has 0 aromatic carbocycles. The SMILES string of the molecule is NC(=O)O.NC(=O)O.NS(=O)(=O)O. The second-order valence-corrected chi connectivity index (χ2v) is 2.22. The van der Waals surface area contributed by atoms with Gasteiger partial charge in [-0.15, -0.1) is 0 Å². The number of amides is 2. The summed E-state index contributed by atoms with van der Waals surface area (Å²) >= 11 is 0. The van der Waals surface area contributed by atoms with Crippen molar-refractivity contribution in [2.75, 3.05) is 0 Å². The molecule has 2 amide bonds. The van der Waals surface area contributed by atoms with Gasteiger partial charge in [0.2, 0.25) is 0 Å². The standard InChI is InChI=1S/2CH3NO2.H3NO3S/c2*2-1(3)4;1-5(2,3)4/h2*2H2,(H,3,4);(H3,1,2,3,4). The maximum absolute atomic E-state index is 8.97. The number of carboxylic acid groups (broad SMARTS) is 2. The van der Waals surface area contributed by atoms with Gasteiger partial charge in [-0.3, -0.25) is 4.55 Å². The summed E-state index contributed by atoms with van der Waals surface area (Å²) in [6, 6.07) is 0. The van der Waals surface area contributed by atoms with Crippen LogP contribution in [-0.2, 0) is 10.3 Å². The van der Waals surface area contributed by atoms with Crippen LogP contribution < -0.4 is 16.6 Å². The molecule has 11 heteroatoms. The first kappa shape index (κ1) is 17.5. The average molecular weight is 219 g/mol. The molecule has 0 aliphatic rings. The van der Waals surface area contributed by atoms with Crippen LogP contribution in [0.5, 0.6) is 0 Å². The summed E-state index contributed by atoms with van der Waals surface area (Å²) in [5.74, 6) is 0. The van der Waals surface area contributed by atoms with Gasteiger partial charge in [0.1, 0.15) is 0 Å². The van der Waals surface area contributed by atoms with Crippen molar-refractivity contribution in [2.24, 2.45) is 16.6 Å². The predicted octanol–water partition coefficient (Wildman–Crippen LogP) is -2.01. The molecule has 0 aromatic heterocycles. The van der Waals surface area contributed by atoms with Crippen molar-refractivity contribution in [1.82, 2.24) is 0 Å². The fraction of sp³-hybridized carbons (Fsp3) is 0. The molecule has 0 aromatic rings. The highest BCUT2D eigenvalue weighted by atomic mass is 32.2.